The average Bonchev–Trinajstić information content (AvgIpc) is 2.38. The van der Waals surface area contributed by atoms with Crippen LogP contribution < -0.4 is 4.74 Å². The number of carbonyl (C=O) groups excluding carboxylic acids is 2. The fourth-order valence-corrected chi connectivity index (χ4v) is 2.00. The number of aromatic hydroxyl groups is 1. The van der Waals surface area contributed by atoms with Gasteiger partial charge in [0.2, 0.25) is 0 Å². The third-order valence-electron chi connectivity index (χ3n) is 2.97. The van der Waals surface area contributed by atoms with Gasteiger partial charge in [-0.25, -0.2) is 0 Å². The number of hydrogen-bond acceptors (Lipinski definition) is 4. The Bertz CT molecular complexity index is 484. The summed E-state index contributed by atoms with van der Waals surface area (Å²) in [7, 11) is 1.49. The fourth-order valence-electron chi connectivity index (χ4n) is 2.00. The average molecular weight is 249 g/mol. The number of amides is 1. The SMILES string of the molecule is COc1ccc(O)c(C(=O)N2CCCC(=O)C2)c1. The molecule has 2 rings (SSSR count). The number of nitrogens with zero attached hydrogens (tertiary/aromatic N) is 1. The van der Waals surface area contributed by atoms with Crippen LogP contribution in [0.25, 0.3) is 0 Å². The van der Waals surface area contributed by atoms with Crippen molar-refractivity contribution >= 4 is 11.7 Å². The Labute approximate surface area is 105 Å². The van der Waals surface area contributed by atoms with Gasteiger partial charge in [-0.3, -0.25) is 9.59 Å². The Hall–Kier alpha value is -2.04. The van der Waals surface area contributed by atoms with E-state index in [1.165, 1.54) is 24.1 Å². The molecule has 0 spiro atoms. The van der Waals surface area contributed by atoms with Crippen LogP contribution in [0, 0.1) is 0 Å². The van der Waals surface area contributed by atoms with E-state index < -0.39 is 0 Å². The highest BCUT2D eigenvalue weighted by Crippen LogP contribution is 2.25. The summed E-state index contributed by atoms with van der Waals surface area (Å²) < 4.78 is 5.02. The standard InChI is InChI=1S/C13H15NO4/c1-18-10-4-5-12(16)11(7-10)13(17)14-6-2-3-9(15)8-14/h4-5,7,16H,2-3,6,8H2,1H3. The minimum atomic E-state index is -0.334. The molecule has 1 aliphatic rings. The molecular weight excluding hydrogens is 234 g/mol. The first-order chi connectivity index (χ1) is 8.61. The van der Waals surface area contributed by atoms with E-state index in [0.717, 1.165) is 0 Å². The summed E-state index contributed by atoms with van der Waals surface area (Å²) in [5.41, 5.74) is 0.170. The van der Waals surface area contributed by atoms with Gasteiger partial charge in [-0.05, 0) is 24.6 Å². The van der Waals surface area contributed by atoms with Crippen LogP contribution in [-0.2, 0) is 4.79 Å². The van der Waals surface area contributed by atoms with Gasteiger partial charge in [-0.1, -0.05) is 0 Å². The van der Waals surface area contributed by atoms with Crippen molar-refractivity contribution in [3.8, 4) is 11.5 Å². The minimum Gasteiger partial charge on any atom is -0.507 e. The predicted octanol–water partition coefficient (Wildman–Crippen LogP) is 1.21. The molecular formula is C13H15NO4. The lowest BCUT2D eigenvalue weighted by molar-refractivity contribution is -0.121. The lowest BCUT2D eigenvalue weighted by Crippen LogP contribution is -2.40. The zero-order valence-corrected chi connectivity index (χ0v) is 10.2. The first-order valence-electron chi connectivity index (χ1n) is 5.80. The van der Waals surface area contributed by atoms with Gasteiger partial charge >= 0.3 is 0 Å². The van der Waals surface area contributed by atoms with Gasteiger partial charge in [0.15, 0.2) is 5.78 Å². The van der Waals surface area contributed by atoms with Crippen molar-refractivity contribution in [2.45, 2.75) is 12.8 Å². The Morgan fingerprint density at radius 3 is 2.89 bits per heavy atom. The van der Waals surface area contributed by atoms with Crippen molar-refractivity contribution < 1.29 is 19.4 Å². The number of ether oxygens (including phenoxy) is 1. The molecule has 1 aliphatic heterocycles. The van der Waals surface area contributed by atoms with E-state index in [4.69, 9.17) is 4.74 Å². The molecule has 0 bridgehead atoms. The highest BCUT2D eigenvalue weighted by Gasteiger charge is 2.24. The molecule has 1 aromatic rings. The number of rotatable bonds is 2. The summed E-state index contributed by atoms with van der Waals surface area (Å²) >= 11 is 0. The summed E-state index contributed by atoms with van der Waals surface area (Å²) in [5.74, 6) is 0.120. The Morgan fingerprint density at radius 1 is 1.44 bits per heavy atom. The highest BCUT2D eigenvalue weighted by atomic mass is 16.5. The van der Waals surface area contributed by atoms with Crippen LogP contribution in [0.5, 0.6) is 11.5 Å². The number of hydrogen-bond donors (Lipinski definition) is 1. The monoisotopic (exact) mass is 249 g/mol. The van der Waals surface area contributed by atoms with Gasteiger partial charge in [-0.2, -0.15) is 0 Å². The summed E-state index contributed by atoms with van der Waals surface area (Å²) in [6, 6.07) is 4.47. The van der Waals surface area contributed by atoms with Crippen molar-refractivity contribution in [3.05, 3.63) is 23.8 Å². The van der Waals surface area contributed by atoms with Crippen molar-refractivity contribution in [2.75, 3.05) is 20.2 Å². The van der Waals surface area contributed by atoms with E-state index in [9.17, 15) is 14.7 Å². The molecule has 5 nitrogen and oxygen atoms in total. The largest absolute Gasteiger partial charge is 0.507 e. The molecule has 96 valence electrons. The molecule has 1 amide bonds. The van der Waals surface area contributed by atoms with Crippen molar-refractivity contribution in [1.29, 1.82) is 0 Å². The second-order valence-corrected chi connectivity index (χ2v) is 4.25. The molecule has 0 aliphatic carbocycles. The van der Waals surface area contributed by atoms with Crippen molar-refractivity contribution in [1.82, 2.24) is 4.90 Å². The molecule has 5 heteroatoms. The number of likely N-dealkylation sites (tertiary alicyclic amines) is 1. The zero-order chi connectivity index (χ0) is 13.1. The summed E-state index contributed by atoms with van der Waals surface area (Å²) in [6.07, 6.45) is 1.20. The van der Waals surface area contributed by atoms with Crippen LogP contribution in [0.15, 0.2) is 18.2 Å². The summed E-state index contributed by atoms with van der Waals surface area (Å²) in [4.78, 5) is 25.0. The number of phenols is 1. The number of benzene rings is 1. The summed E-state index contributed by atoms with van der Waals surface area (Å²) in [5, 5.41) is 9.71. The van der Waals surface area contributed by atoms with E-state index in [2.05, 4.69) is 0 Å². The zero-order valence-electron chi connectivity index (χ0n) is 10.2. The van der Waals surface area contributed by atoms with Gasteiger partial charge in [0.05, 0.1) is 19.2 Å². The number of carbonyl (C=O) groups is 2. The molecule has 1 aromatic carbocycles. The van der Waals surface area contributed by atoms with Gasteiger partial charge in [0.1, 0.15) is 11.5 Å². The van der Waals surface area contributed by atoms with E-state index in [0.29, 0.717) is 25.1 Å². The number of ketones is 1. The normalized spacial score (nSPS) is 15.6. The maximum atomic E-state index is 12.2. The Kier molecular flexibility index (Phi) is 3.50. The molecule has 1 heterocycles. The smallest absolute Gasteiger partial charge is 0.258 e. The number of piperidine rings is 1. The first kappa shape index (κ1) is 12.4. The molecule has 0 saturated carbocycles. The van der Waals surface area contributed by atoms with E-state index in [1.54, 1.807) is 6.07 Å². The van der Waals surface area contributed by atoms with E-state index in [-0.39, 0.29) is 29.5 Å². The topological polar surface area (TPSA) is 66.8 Å². The highest BCUT2D eigenvalue weighted by molar-refractivity contribution is 5.99. The van der Waals surface area contributed by atoms with Gasteiger partial charge in [0, 0.05) is 13.0 Å². The Balaban J connectivity index is 2.24. The molecule has 1 N–H and O–H groups in total. The van der Waals surface area contributed by atoms with E-state index >= 15 is 0 Å². The number of phenolic OH excluding ortho intramolecular Hbond substituents is 1. The van der Waals surface area contributed by atoms with Gasteiger partial charge in [0.25, 0.3) is 5.91 Å². The lowest BCUT2D eigenvalue weighted by Gasteiger charge is -2.26. The maximum absolute atomic E-state index is 12.2. The maximum Gasteiger partial charge on any atom is 0.258 e. The van der Waals surface area contributed by atoms with E-state index in [1.807, 2.05) is 0 Å². The van der Waals surface area contributed by atoms with Crippen LogP contribution in [0.1, 0.15) is 23.2 Å². The second-order valence-electron chi connectivity index (χ2n) is 4.25. The lowest BCUT2D eigenvalue weighted by atomic mass is 10.1. The van der Waals surface area contributed by atoms with Crippen LogP contribution in [0.4, 0.5) is 0 Å². The molecule has 1 saturated heterocycles. The number of methoxy groups -OCH3 is 1. The van der Waals surface area contributed by atoms with Crippen LogP contribution in [0.3, 0.4) is 0 Å². The van der Waals surface area contributed by atoms with Crippen molar-refractivity contribution in [2.24, 2.45) is 0 Å². The quantitative estimate of drug-likeness (QED) is 0.855. The molecule has 18 heavy (non-hydrogen) atoms. The second kappa shape index (κ2) is 5.08. The van der Waals surface area contributed by atoms with Crippen LogP contribution >= 0.6 is 0 Å². The molecule has 0 radical (unpaired) electrons. The minimum absolute atomic E-state index is 0.0528. The van der Waals surface area contributed by atoms with Crippen LogP contribution in [-0.4, -0.2) is 41.9 Å². The van der Waals surface area contributed by atoms with Crippen molar-refractivity contribution in [3.63, 3.8) is 0 Å². The third-order valence-corrected chi connectivity index (χ3v) is 2.97. The van der Waals surface area contributed by atoms with Gasteiger partial charge in [-0.15, -0.1) is 0 Å². The first-order valence-corrected chi connectivity index (χ1v) is 5.80. The molecule has 0 unspecified atom stereocenters. The number of Topliss-reactive ketones (excluding diaryl/α,β-unsaturated/α-hetero) is 1. The molecule has 0 aromatic heterocycles. The molecule has 1 fully saturated rings. The van der Waals surface area contributed by atoms with Crippen LogP contribution in [0.2, 0.25) is 0 Å². The predicted molar refractivity (Wildman–Crippen MR) is 64.8 cm³/mol. The fraction of sp³-hybridized carbons (Fsp3) is 0.385. The molecule has 0 atom stereocenters. The third kappa shape index (κ3) is 2.45. The van der Waals surface area contributed by atoms with Gasteiger partial charge < -0.3 is 14.7 Å². The Morgan fingerprint density at radius 2 is 2.22 bits per heavy atom. The summed E-state index contributed by atoms with van der Waals surface area (Å²) in [6.45, 7) is 0.663.